The second-order valence-corrected chi connectivity index (χ2v) is 8.28. The van der Waals surface area contributed by atoms with E-state index in [1.165, 1.54) is 22.7 Å². The van der Waals surface area contributed by atoms with Gasteiger partial charge in [-0.05, 0) is 24.6 Å². The number of amides is 1. The first-order valence-electron chi connectivity index (χ1n) is 10.4. The monoisotopic (exact) mass is 456 g/mol. The molecule has 0 aliphatic carbocycles. The molecule has 0 saturated carbocycles. The van der Waals surface area contributed by atoms with E-state index in [0.29, 0.717) is 22.1 Å². The largest absolute Gasteiger partial charge is 0.447 e. The standard InChI is InChI=1S/C23H22F2N4O2S/c1-3-5-12-32-23-26-21-20(27-28-23)16-8-6-7-9-18(16)29(19(30)4-2)22(31-21)15-11-10-14(24)13-17(15)25/h6-11,13,22H,3-5,12H2,1-2H3/t22-/m1/s1. The van der Waals surface area contributed by atoms with E-state index in [9.17, 15) is 13.6 Å². The lowest BCUT2D eigenvalue weighted by Gasteiger charge is -2.30. The van der Waals surface area contributed by atoms with Crippen molar-refractivity contribution >= 4 is 23.4 Å². The summed E-state index contributed by atoms with van der Waals surface area (Å²) < 4.78 is 34.6. The van der Waals surface area contributed by atoms with Gasteiger partial charge in [0.1, 0.15) is 11.6 Å². The van der Waals surface area contributed by atoms with E-state index in [4.69, 9.17) is 4.74 Å². The van der Waals surface area contributed by atoms with E-state index < -0.39 is 17.9 Å². The zero-order valence-electron chi connectivity index (χ0n) is 17.7. The maximum atomic E-state index is 14.8. The summed E-state index contributed by atoms with van der Waals surface area (Å²) in [7, 11) is 0. The number of para-hydroxylation sites is 1. The summed E-state index contributed by atoms with van der Waals surface area (Å²) in [5.74, 6) is -0.850. The molecule has 0 N–H and O–H groups in total. The third-order valence-corrected chi connectivity index (χ3v) is 5.96. The van der Waals surface area contributed by atoms with Gasteiger partial charge in [0.15, 0.2) is 5.69 Å². The molecular formula is C23H22F2N4O2S. The molecule has 2 heterocycles. The van der Waals surface area contributed by atoms with Gasteiger partial charge < -0.3 is 4.74 Å². The summed E-state index contributed by atoms with van der Waals surface area (Å²) in [6.07, 6.45) is 1.01. The molecular weight excluding hydrogens is 434 g/mol. The smallest absolute Gasteiger partial charge is 0.247 e. The predicted molar refractivity (Wildman–Crippen MR) is 118 cm³/mol. The van der Waals surface area contributed by atoms with E-state index in [1.54, 1.807) is 25.1 Å². The van der Waals surface area contributed by atoms with Crippen molar-refractivity contribution in [3.8, 4) is 17.1 Å². The highest BCUT2D eigenvalue weighted by Crippen LogP contribution is 2.44. The fraction of sp³-hybridized carbons (Fsp3) is 0.304. The van der Waals surface area contributed by atoms with Crippen LogP contribution in [0.4, 0.5) is 14.5 Å². The Morgan fingerprint density at radius 2 is 1.97 bits per heavy atom. The zero-order chi connectivity index (χ0) is 22.7. The van der Waals surface area contributed by atoms with Crippen LogP contribution in [-0.2, 0) is 4.79 Å². The number of ether oxygens (including phenoxy) is 1. The lowest BCUT2D eigenvalue weighted by Crippen LogP contribution is -2.37. The van der Waals surface area contributed by atoms with Crippen molar-refractivity contribution in [3.05, 3.63) is 59.7 Å². The minimum atomic E-state index is -1.18. The molecule has 0 radical (unpaired) electrons. The quantitative estimate of drug-likeness (QED) is 0.358. The van der Waals surface area contributed by atoms with Gasteiger partial charge in [-0.25, -0.2) is 8.78 Å². The number of fused-ring (bicyclic) bond motifs is 3. The fourth-order valence-corrected chi connectivity index (χ4v) is 4.29. The normalized spacial score (nSPS) is 14.9. The summed E-state index contributed by atoms with van der Waals surface area (Å²) in [5, 5.41) is 8.98. The maximum Gasteiger partial charge on any atom is 0.247 e. The molecule has 1 amide bonds. The number of hydrogen-bond acceptors (Lipinski definition) is 6. The van der Waals surface area contributed by atoms with E-state index in [0.717, 1.165) is 30.7 Å². The molecule has 0 bridgehead atoms. The van der Waals surface area contributed by atoms with Gasteiger partial charge in [0.2, 0.25) is 23.2 Å². The molecule has 166 valence electrons. The Labute approximate surface area is 189 Å². The fourth-order valence-electron chi connectivity index (χ4n) is 3.43. The van der Waals surface area contributed by atoms with Crippen LogP contribution in [0.1, 0.15) is 44.9 Å². The molecule has 6 nitrogen and oxygen atoms in total. The number of halogens is 2. The summed E-state index contributed by atoms with van der Waals surface area (Å²) >= 11 is 1.45. The van der Waals surface area contributed by atoms with Gasteiger partial charge in [-0.3, -0.25) is 9.69 Å². The van der Waals surface area contributed by atoms with Crippen molar-refractivity contribution in [2.24, 2.45) is 0 Å². The minimum absolute atomic E-state index is 0.0228. The van der Waals surface area contributed by atoms with Crippen molar-refractivity contribution in [3.63, 3.8) is 0 Å². The third kappa shape index (κ3) is 4.29. The van der Waals surface area contributed by atoms with Crippen molar-refractivity contribution < 1.29 is 18.3 Å². The first kappa shape index (κ1) is 22.1. The Morgan fingerprint density at radius 1 is 1.16 bits per heavy atom. The van der Waals surface area contributed by atoms with Crippen molar-refractivity contribution in [2.75, 3.05) is 10.7 Å². The van der Waals surface area contributed by atoms with Gasteiger partial charge in [-0.1, -0.05) is 50.2 Å². The Bertz CT molecular complexity index is 1140. The van der Waals surface area contributed by atoms with Gasteiger partial charge in [-0.15, -0.1) is 10.2 Å². The Balaban J connectivity index is 1.89. The van der Waals surface area contributed by atoms with E-state index in [-0.39, 0.29) is 23.8 Å². The highest BCUT2D eigenvalue weighted by molar-refractivity contribution is 7.99. The SMILES string of the molecule is CCCCSc1nnc2c(n1)O[C@H](c1ccc(F)cc1F)N(C(=O)CC)c1ccccc1-2. The molecule has 4 rings (SSSR count). The number of carbonyl (C=O) groups excluding carboxylic acids is 1. The number of thioether (sulfide) groups is 1. The number of aromatic nitrogens is 3. The molecule has 1 aliphatic rings. The highest BCUT2D eigenvalue weighted by Gasteiger charge is 2.36. The van der Waals surface area contributed by atoms with Gasteiger partial charge in [0.25, 0.3) is 0 Å². The third-order valence-electron chi connectivity index (χ3n) is 5.04. The number of carbonyl (C=O) groups is 1. The number of nitrogens with zero attached hydrogens (tertiary/aromatic N) is 4. The summed E-state index contributed by atoms with van der Waals surface area (Å²) in [6, 6.07) is 10.3. The number of benzene rings is 2. The molecule has 32 heavy (non-hydrogen) atoms. The van der Waals surface area contributed by atoms with Crippen molar-refractivity contribution in [2.45, 2.75) is 44.5 Å². The number of unbranched alkanes of at least 4 members (excludes halogenated alkanes) is 1. The van der Waals surface area contributed by atoms with Gasteiger partial charge in [0.05, 0.1) is 5.69 Å². The summed E-state index contributed by atoms with van der Waals surface area (Å²) in [5.41, 5.74) is 1.47. The van der Waals surface area contributed by atoms with Crippen LogP contribution in [0.5, 0.6) is 5.88 Å². The Kier molecular flexibility index (Phi) is 6.64. The molecule has 1 aromatic heterocycles. The van der Waals surface area contributed by atoms with Crippen LogP contribution >= 0.6 is 11.8 Å². The maximum absolute atomic E-state index is 14.8. The van der Waals surface area contributed by atoms with Crippen LogP contribution < -0.4 is 9.64 Å². The topological polar surface area (TPSA) is 68.2 Å². The lowest BCUT2D eigenvalue weighted by atomic mass is 10.1. The molecule has 3 aromatic rings. The molecule has 0 unspecified atom stereocenters. The van der Waals surface area contributed by atoms with E-state index in [1.807, 2.05) is 6.07 Å². The number of hydrogen-bond donors (Lipinski definition) is 0. The Morgan fingerprint density at radius 3 is 2.72 bits per heavy atom. The van der Waals surface area contributed by atoms with Crippen molar-refractivity contribution in [1.82, 2.24) is 15.2 Å². The zero-order valence-corrected chi connectivity index (χ0v) is 18.5. The van der Waals surface area contributed by atoms with Crippen LogP contribution in [0, 0.1) is 11.6 Å². The second kappa shape index (κ2) is 9.60. The van der Waals surface area contributed by atoms with Crippen LogP contribution in [-0.4, -0.2) is 26.8 Å². The summed E-state index contributed by atoms with van der Waals surface area (Å²) in [6.45, 7) is 3.81. The van der Waals surface area contributed by atoms with E-state index in [2.05, 4.69) is 22.1 Å². The minimum Gasteiger partial charge on any atom is -0.447 e. The first-order valence-corrected chi connectivity index (χ1v) is 11.4. The van der Waals surface area contributed by atoms with E-state index >= 15 is 0 Å². The first-order chi connectivity index (χ1) is 15.5. The van der Waals surface area contributed by atoms with Gasteiger partial charge >= 0.3 is 0 Å². The Hall–Kier alpha value is -3.07. The summed E-state index contributed by atoms with van der Waals surface area (Å²) in [4.78, 5) is 18.9. The molecule has 1 atom stereocenters. The van der Waals surface area contributed by atoms with Crippen LogP contribution in [0.3, 0.4) is 0 Å². The van der Waals surface area contributed by atoms with Crippen LogP contribution in [0.25, 0.3) is 11.3 Å². The van der Waals surface area contributed by atoms with Gasteiger partial charge in [-0.2, -0.15) is 4.98 Å². The second-order valence-electron chi connectivity index (χ2n) is 7.22. The molecule has 9 heteroatoms. The highest BCUT2D eigenvalue weighted by atomic mass is 32.2. The average molecular weight is 457 g/mol. The number of rotatable bonds is 6. The van der Waals surface area contributed by atoms with Crippen LogP contribution in [0.2, 0.25) is 0 Å². The molecule has 0 fully saturated rings. The van der Waals surface area contributed by atoms with Gasteiger partial charge in [0, 0.05) is 29.4 Å². The molecule has 2 aromatic carbocycles. The molecule has 1 aliphatic heterocycles. The molecule has 0 spiro atoms. The van der Waals surface area contributed by atoms with Crippen LogP contribution in [0.15, 0.2) is 47.6 Å². The predicted octanol–water partition coefficient (Wildman–Crippen LogP) is 5.54. The molecule has 0 saturated heterocycles. The average Bonchev–Trinajstić information content (AvgIpc) is 2.93. The lowest BCUT2D eigenvalue weighted by molar-refractivity contribution is -0.120. The van der Waals surface area contributed by atoms with Crippen molar-refractivity contribution in [1.29, 1.82) is 0 Å². The number of anilines is 1.